The van der Waals surface area contributed by atoms with Crippen LogP contribution in [0.2, 0.25) is 5.02 Å². The van der Waals surface area contributed by atoms with E-state index in [0.717, 1.165) is 5.56 Å². The first-order chi connectivity index (χ1) is 10.7. The van der Waals surface area contributed by atoms with E-state index in [0.29, 0.717) is 27.9 Å². The van der Waals surface area contributed by atoms with Crippen molar-refractivity contribution in [1.29, 1.82) is 0 Å². The van der Waals surface area contributed by atoms with Gasteiger partial charge in [0.1, 0.15) is 17.8 Å². The number of aromatic amines is 1. The first-order valence-electron chi connectivity index (χ1n) is 6.55. The molecule has 0 radical (unpaired) electrons. The molecule has 0 saturated heterocycles. The molecule has 0 aliphatic heterocycles. The van der Waals surface area contributed by atoms with Crippen molar-refractivity contribution in [3.05, 3.63) is 59.3 Å². The van der Waals surface area contributed by atoms with Gasteiger partial charge in [0.15, 0.2) is 0 Å². The number of H-pyrrole nitrogens is 1. The van der Waals surface area contributed by atoms with Crippen LogP contribution >= 0.6 is 11.6 Å². The number of anilines is 1. The van der Waals surface area contributed by atoms with E-state index in [4.69, 9.17) is 21.8 Å². The number of furan rings is 1. The number of nitrogens with zero attached hydrogens (tertiary/aromatic N) is 1. The molecule has 1 aromatic carbocycles. The largest absolute Gasteiger partial charge is 0.467 e. The Bertz CT molecular complexity index is 796. The number of hydrogen-bond acceptors (Lipinski definition) is 4. The van der Waals surface area contributed by atoms with Gasteiger partial charge in [-0.3, -0.25) is 4.79 Å². The van der Waals surface area contributed by atoms with Gasteiger partial charge in [0.25, 0.3) is 5.91 Å². The molecule has 2 heterocycles. The van der Waals surface area contributed by atoms with Crippen LogP contribution in [0.3, 0.4) is 0 Å². The molecule has 4 N–H and O–H groups in total. The average molecular weight is 317 g/mol. The van der Waals surface area contributed by atoms with Gasteiger partial charge in [0.2, 0.25) is 0 Å². The summed E-state index contributed by atoms with van der Waals surface area (Å²) in [6.45, 7) is 0.242. The molecule has 3 rings (SSSR count). The van der Waals surface area contributed by atoms with E-state index in [9.17, 15) is 4.79 Å². The lowest BCUT2D eigenvalue weighted by Gasteiger charge is -2.07. The molecule has 3 aromatic rings. The smallest absolute Gasteiger partial charge is 0.258 e. The molecular formula is C15H13ClN4O2. The van der Waals surface area contributed by atoms with E-state index >= 15 is 0 Å². The maximum Gasteiger partial charge on any atom is 0.258 e. The highest BCUT2D eigenvalue weighted by atomic mass is 35.5. The SMILES string of the molecule is NCc1cc(C(=O)Nc2ccc(-c3ncc[nH]3)cc2Cl)co1. The van der Waals surface area contributed by atoms with Crippen molar-refractivity contribution in [3.8, 4) is 11.4 Å². The van der Waals surface area contributed by atoms with Crippen LogP contribution in [0.4, 0.5) is 5.69 Å². The van der Waals surface area contributed by atoms with Crippen molar-refractivity contribution in [3.63, 3.8) is 0 Å². The number of amides is 1. The quantitative estimate of drug-likeness (QED) is 0.689. The Hall–Kier alpha value is -2.57. The molecule has 0 aliphatic carbocycles. The fourth-order valence-corrected chi connectivity index (χ4v) is 2.22. The second-order valence-electron chi connectivity index (χ2n) is 4.59. The van der Waals surface area contributed by atoms with Crippen molar-refractivity contribution in [2.24, 2.45) is 5.73 Å². The third-order valence-electron chi connectivity index (χ3n) is 3.11. The molecule has 22 heavy (non-hydrogen) atoms. The zero-order valence-electron chi connectivity index (χ0n) is 11.5. The summed E-state index contributed by atoms with van der Waals surface area (Å²) in [5.41, 5.74) is 7.19. The van der Waals surface area contributed by atoms with Crippen LogP contribution in [0.25, 0.3) is 11.4 Å². The van der Waals surface area contributed by atoms with E-state index in [-0.39, 0.29) is 12.5 Å². The first kappa shape index (κ1) is 14.4. The van der Waals surface area contributed by atoms with Crippen LogP contribution in [-0.2, 0) is 6.54 Å². The maximum absolute atomic E-state index is 12.1. The number of halogens is 1. The van der Waals surface area contributed by atoms with Crippen molar-refractivity contribution in [2.45, 2.75) is 6.54 Å². The maximum atomic E-state index is 12.1. The van der Waals surface area contributed by atoms with Gasteiger partial charge in [-0.25, -0.2) is 4.98 Å². The Morgan fingerprint density at radius 1 is 1.41 bits per heavy atom. The minimum Gasteiger partial charge on any atom is -0.467 e. The van der Waals surface area contributed by atoms with Gasteiger partial charge in [-0.05, 0) is 24.3 Å². The minimum absolute atomic E-state index is 0.242. The number of carbonyl (C=O) groups is 1. The van der Waals surface area contributed by atoms with Crippen LogP contribution in [0, 0.1) is 0 Å². The molecule has 0 spiro atoms. The number of hydrogen-bond donors (Lipinski definition) is 3. The highest BCUT2D eigenvalue weighted by Gasteiger charge is 2.12. The molecule has 6 nitrogen and oxygen atoms in total. The number of benzene rings is 1. The van der Waals surface area contributed by atoms with Gasteiger partial charge < -0.3 is 20.5 Å². The Balaban J connectivity index is 1.79. The molecule has 0 saturated carbocycles. The second kappa shape index (κ2) is 6.05. The Morgan fingerprint density at radius 2 is 2.27 bits per heavy atom. The van der Waals surface area contributed by atoms with Gasteiger partial charge in [0.05, 0.1) is 22.8 Å². The predicted octanol–water partition coefficient (Wildman–Crippen LogP) is 3.03. The summed E-state index contributed by atoms with van der Waals surface area (Å²) in [7, 11) is 0. The Labute approximate surface area is 131 Å². The van der Waals surface area contributed by atoms with Crippen molar-refractivity contribution < 1.29 is 9.21 Å². The van der Waals surface area contributed by atoms with Crippen LogP contribution in [0.5, 0.6) is 0 Å². The number of aromatic nitrogens is 2. The summed E-state index contributed by atoms with van der Waals surface area (Å²) < 4.78 is 5.14. The van der Waals surface area contributed by atoms with E-state index < -0.39 is 0 Å². The van der Waals surface area contributed by atoms with Crippen molar-refractivity contribution in [1.82, 2.24) is 9.97 Å². The number of imidazole rings is 1. The third-order valence-corrected chi connectivity index (χ3v) is 3.42. The number of rotatable bonds is 4. The fourth-order valence-electron chi connectivity index (χ4n) is 1.99. The summed E-state index contributed by atoms with van der Waals surface area (Å²) in [5.74, 6) is 0.947. The molecule has 0 unspecified atom stereocenters. The van der Waals surface area contributed by atoms with Crippen molar-refractivity contribution in [2.75, 3.05) is 5.32 Å². The molecule has 7 heteroatoms. The van der Waals surface area contributed by atoms with Gasteiger partial charge in [0, 0.05) is 18.0 Å². The number of carbonyl (C=O) groups excluding carboxylic acids is 1. The molecule has 2 aromatic heterocycles. The van der Waals surface area contributed by atoms with Crippen molar-refractivity contribution >= 4 is 23.2 Å². The highest BCUT2D eigenvalue weighted by molar-refractivity contribution is 6.34. The second-order valence-corrected chi connectivity index (χ2v) is 5.00. The molecular weight excluding hydrogens is 304 g/mol. The average Bonchev–Trinajstić information content (AvgIpc) is 3.20. The molecule has 1 amide bonds. The standard InChI is InChI=1S/C15H13ClN4O2/c16-12-6-9(14-18-3-4-19-14)1-2-13(12)20-15(21)10-5-11(7-17)22-8-10/h1-6,8H,7,17H2,(H,18,19)(H,20,21). The van der Waals surface area contributed by atoms with Crippen LogP contribution in [0.15, 0.2) is 47.3 Å². The first-order valence-corrected chi connectivity index (χ1v) is 6.93. The Kier molecular flexibility index (Phi) is 3.95. The van der Waals surface area contributed by atoms with Gasteiger partial charge >= 0.3 is 0 Å². The zero-order valence-corrected chi connectivity index (χ0v) is 12.2. The van der Waals surface area contributed by atoms with Gasteiger partial charge in [-0.1, -0.05) is 11.6 Å². The summed E-state index contributed by atoms with van der Waals surface area (Å²) in [5, 5.41) is 3.16. The summed E-state index contributed by atoms with van der Waals surface area (Å²) in [6.07, 6.45) is 4.75. The highest BCUT2D eigenvalue weighted by Crippen LogP contribution is 2.27. The molecule has 0 atom stereocenters. The lowest BCUT2D eigenvalue weighted by molar-refractivity contribution is 0.102. The summed E-state index contributed by atoms with van der Waals surface area (Å²) >= 11 is 6.21. The normalized spacial score (nSPS) is 10.6. The summed E-state index contributed by atoms with van der Waals surface area (Å²) in [6, 6.07) is 6.88. The lowest BCUT2D eigenvalue weighted by atomic mass is 10.2. The zero-order chi connectivity index (χ0) is 15.5. The topological polar surface area (TPSA) is 96.9 Å². The summed E-state index contributed by atoms with van der Waals surface area (Å²) in [4.78, 5) is 19.3. The number of nitrogens with two attached hydrogens (primary N) is 1. The van der Waals surface area contributed by atoms with E-state index in [1.807, 2.05) is 6.07 Å². The van der Waals surface area contributed by atoms with E-state index in [2.05, 4.69) is 15.3 Å². The predicted molar refractivity (Wildman–Crippen MR) is 83.6 cm³/mol. The van der Waals surface area contributed by atoms with E-state index in [1.165, 1.54) is 6.26 Å². The van der Waals surface area contributed by atoms with Crippen LogP contribution < -0.4 is 11.1 Å². The molecule has 0 aliphatic rings. The van der Waals surface area contributed by atoms with Crippen LogP contribution in [0.1, 0.15) is 16.1 Å². The third kappa shape index (κ3) is 2.88. The number of nitrogens with one attached hydrogen (secondary N) is 2. The molecule has 0 bridgehead atoms. The monoisotopic (exact) mass is 316 g/mol. The van der Waals surface area contributed by atoms with Crippen LogP contribution in [-0.4, -0.2) is 15.9 Å². The fraction of sp³-hybridized carbons (Fsp3) is 0.0667. The molecule has 0 fully saturated rings. The van der Waals surface area contributed by atoms with E-state index in [1.54, 1.807) is 30.6 Å². The minimum atomic E-state index is -0.309. The molecule has 112 valence electrons. The Morgan fingerprint density at radius 3 is 2.91 bits per heavy atom. The van der Waals surface area contributed by atoms with Gasteiger partial charge in [-0.15, -0.1) is 0 Å². The lowest BCUT2D eigenvalue weighted by Crippen LogP contribution is -2.11. The van der Waals surface area contributed by atoms with Gasteiger partial charge in [-0.2, -0.15) is 0 Å².